The van der Waals surface area contributed by atoms with Crippen molar-refractivity contribution in [2.45, 2.75) is 52.9 Å². The number of hydrogen-bond donors (Lipinski definition) is 1. The fourth-order valence-electron chi connectivity index (χ4n) is 3.51. The zero-order valence-electron chi connectivity index (χ0n) is 15.7. The summed E-state index contributed by atoms with van der Waals surface area (Å²) >= 11 is 0. The molecule has 0 saturated heterocycles. The van der Waals surface area contributed by atoms with Crippen LogP contribution in [0, 0.1) is 12.8 Å². The molecule has 0 fully saturated rings. The van der Waals surface area contributed by atoms with Gasteiger partial charge in [0.15, 0.2) is 0 Å². The molecule has 2 aromatic rings. The van der Waals surface area contributed by atoms with Gasteiger partial charge in [-0.25, -0.2) is 8.78 Å². The van der Waals surface area contributed by atoms with Gasteiger partial charge in [0.05, 0.1) is 0 Å². The minimum atomic E-state index is -2.74. The molecule has 2 nitrogen and oxygen atoms in total. The lowest BCUT2D eigenvalue weighted by molar-refractivity contribution is -0.118. The highest BCUT2D eigenvalue weighted by Gasteiger charge is 2.39. The van der Waals surface area contributed by atoms with E-state index in [-0.39, 0.29) is 23.8 Å². The smallest absolute Gasteiger partial charge is 0.273 e. The second-order valence-electron chi connectivity index (χ2n) is 7.40. The first-order valence-corrected chi connectivity index (χ1v) is 9.19. The molecule has 0 radical (unpaired) electrons. The maximum atomic E-state index is 14.1. The highest BCUT2D eigenvalue weighted by atomic mass is 19.3. The second kappa shape index (κ2) is 6.82. The number of alkyl halides is 2. The van der Waals surface area contributed by atoms with Crippen LogP contribution in [0.15, 0.2) is 30.3 Å². The number of hydrogen-bond acceptors (Lipinski definition) is 1. The van der Waals surface area contributed by atoms with Crippen molar-refractivity contribution in [3.05, 3.63) is 52.6 Å². The van der Waals surface area contributed by atoms with Gasteiger partial charge in [0.25, 0.3) is 5.92 Å². The first kappa shape index (κ1) is 18.6. The van der Waals surface area contributed by atoms with E-state index < -0.39 is 5.92 Å². The first-order chi connectivity index (χ1) is 12.2. The topological polar surface area (TPSA) is 29.1 Å². The third-order valence-corrected chi connectivity index (χ3v) is 5.13. The van der Waals surface area contributed by atoms with Crippen LogP contribution in [-0.4, -0.2) is 5.91 Å². The maximum absolute atomic E-state index is 14.1. The molecule has 1 N–H and O–H groups in total. The average molecular weight is 357 g/mol. The molecule has 0 atom stereocenters. The van der Waals surface area contributed by atoms with Crippen LogP contribution in [0.1, 0.15) is 49.4 Å². The quantitative estimate of drug-likeness (QED) is 0.730. The number of nitrogens with one attached hydrogen (secondary N) is 1. The van der Waals surface area contributed by atoms with Crippen LogP contribution in [0.3, 0.4) is 0 Å². The number of anilines is 1. The molecule has 1 amide bonds. The fraction of sp³-hybridized carbons (Fsp3) is 0.409. The number of rotatable bonds is 4. The van der Waals surface area contributed by atoms with Crippen LogP contribution >= 0.6 is 0 Å². The summed E-state index contributed by atoms with van der Waals surface area (Å²) < 4.78 is 28.3. The van der Waals surface area contributed by atoms with Crippen molar-refractivity contribution in [3.63, 3.8) is 0 Å². The van der Waals surface area contributed by atoms with E-state index in [9.17, 15) is 13.6 Å². The monoisotopic (exact) mass is 357 g/mol. The minimum Gasteiger partial charge on any atom is -0.326 e. The molecule has 1 aliphatic rings. The molecular formula is C22H25F2NO. The van der Waals surface area contributed by atoms with Crippen LogP contribution in [0.4, 0.5) is 14.5 Å². The fourth-order valence-corrected chi connectivity index (χ4v) is 3.51. The molecular weight excluding hydrogens is 332 g/mol. The van der Waals surface area contributed by atoms with Crippen molar-refractivity contribution in [2.75, 3.05) is 5.32 Å². The molecule has 4 heteroatoms. The summed E-state index contributed by atoms with van der Waals surface area (Å²) in [5.74, 6) is -2.86. The standard InChI is InChI=1S/C22H25F2NO/c1-5-15-11-16(6-7-20(15)25-21(26)13(2)3)18-12-19-17(10-14(18)4)8-9-22(19,23)24/h6-7,10-13H,5,8-9H2,1-4H3,(H,25,26). The third-order valence-electron chi connectivity index (χ3n) is 5.13. The molecule has 3 rings (SSSR count). The highest BCUT2D eigenvalue weighted by Crippen LogP contribution is 2.44. The number of aryl methyl sites for hydroxylation is 3. The van der Waals surface area contributed by atoms with Crippen molar-refractivity contribution in [2.24, 2.45) is 5.92 Å². The van der Waals surface area contributed by atoms with Crippen molar-refractivity contribution < 1.29 is 13.6 Å². The lowest BCUT2D eigenvalue weighted by atomic mass is 9.93. The van der Waals surface area contributed by atoms with Crippen LogP contribution in [0.5, 0.6) is 0 Å². The van der Waals surface area contributed by atoms with Crippen LogP contribution in [-0.2, 0) is 23.6 Å². The van der Waals surface area contributed by atoms with Gasteiger partial charge in [-0.3, -0.25) is 4.79 Å². The highest BCUT2D eigenvalue weighted by molar-refractivity contribution is 5.93. The number of halogens is 2. The Morgan fingerprint density at radius 1 is 1.23 bits per heavy atom. The molecule has 0 bridgehead atoms. The van der Waals surface area contributed by atoms with E-state index in [4.69, 9.17) is 0 Å². The molecule has 26 heavy (non-hydrogen) atoms. The summed E-state index contributed by atoms with van der Waals surface area (Å²) in [5, 5.41) is 2.95. The number of benzene rings is 2. The summed E-state index contributed by atoms with van der Waals surface area (Å²) in [5.41, 5.74) is 5.46. The van der Waals surface area contributed by atoms with Crippen LogP contribution in [0.2, 0.25) is 0 Å². The number of amides is 1. The number of carbonyl (C=O) groups excluding carboxylic acids is 1. The van der Waals surface area contributed by atoms with Gasteiger partial charge in [0.2, 0.25) is 5.91 Å². The summed E-state index contributed by atoms with van der Waals surface area (Å²) in [7, 11) is 0. The Morgan fingerprint density at radius 2 is 1.96 bits per heavy atom. The second-order valence-corrected chi connectivity index (χ2v) is 7.40. The zero-order valence-corrected chi connectivity index (χ0v) is 15.7. The lowest BCUT2D eigenvalue weighted by Crippen LogP contribution is -2.18. The predicted molar refractivity (Wildman–Crippen MR) is 102 cm³/mol. The number of fused-ring (bicyclic) bond motifs is 1. The van der Waals surface area contributed by atoms with Gasteiger partial charge in [-0.05, 0) is 65.8 Å². The molecule has 1 aliphatic carbocycles. The van der Waals surface area contributed by atoms with E-state index in [1.54, 1.807) is 6.07 Å². The van der Waals surface area contributed by atoms with Crippen molar-refractivity contribution >= 4 is 11.6 Å². The van der Waals surface area contributed by atoms with E-state index >= 15 is 0 Å². The third kappa shape index (κ3) is 3.37. The zero-order chi connectivity index (χ0) is 19.1. The Hall–Kier alpha value is -2.23. The molecule has 2 aromatic carbocycles. The summed E-state index contributed by atoms with van der Waals surface area (Å²) in [6.45, 7) is 7.69. The maximum Gasteiger partial charge on any atom is 0.273 e. The summed E-state index contributed by atoms with van der Waals surface area (Å²) in [6.07, 6.45) is 1.08. The van der Waals surface area contributed by atoms with Crippen molar-refractivity contribution in [3.8, 4) is 11.1 Å². The molecule has 0 aromatic heterocycles. The predicted octanol–water partition coefficient (Wildman–Crippen LogP) is 5.86. The summed E-state index contributed by atoms with van der Waals surface area (Å²) in [6, 6.07) is 9.32. The molecule has 0 saturated carbocycles. The van der Waals surface area contributed by atoms with Gasteiger partial charge in [0, 0.05) is 23.6 Å². The SMILES string of the molecule is CCc1cc(-c2cc3c(cc2C)CCC3(F)F)ccc1NC(=O)C(C)C. The van der Waals surface area contributed by atoms with Gasteiger partial charge < -0.3 is 5.32 Å². The number of carbonyl (C=O) groups is 1. The Labute approximate surface area is 153 Å². The molecule has 0 unspecified atom stereocenters. The van der Waals surface area contributed by atoms with E-state index in [0.717, 1.165) is 39.9 Å². The van der Waals surface area contributed by atoms with Crippen LogP contribution in [0.25, 0.3) is 11.1 Å². The molecule has 0 spiro atoms. The normalized spacial score (nSPS) is 15.2. The Balaban J connectivity index is 2.02. The van der Waals surface area contributed by atoms with Crippen LogP contribution < -0.4 is 5.32 Å². The van der Waals surface area contributed by atoms with Gasteiger partial charge in [-0.15, -0.1) is 0 Å². The first-order valence-electron chi connectivity index (χ1n) is 9.19. The van der Waals surface area contributed by atoms with Gasteiger partial charge in [0.1, 0.15) is 0 Å². The van der Waals surface area contributed by atoms with Gasteiger partial charge in [-0.2, -0.15) is 0 Å². The average Bonchev–Trinajstić information content (AvgIpc) is 2.88. The van der Waals surface area contributed by atoms with Crippen molar-refractivity contribution in [1.82, 2.24) is 0 Å². The Morgan fingerprint density at radius 3 is 2.62 bits per heavy atom. The molecule has 138 valence electrons. The molecule has 0 aliphatic heterocycles. The van der Waals surface area contributed by atoms with E-state index in [1.807, 2.05) is 52.0 Å². The largest absolute Gasteiger partial charge is 0.326 e. The van der Waals surface area contributed by atoms with Gasteiger partial charge in [-0.1, -0.05) is 32.9 Å². The van der Waals surface area contributed by atoms with E-state index in [0.29, 0.717) is 6.42 Å². The lowest BCUT2D eigenvalue weighted by Gasteiger charge is -2.16. The Bertz CT molecular complexity index is 855. The molecule has 0 heterocycles. The minimum absolute atomic E-state index is 0.0270. The summed E-state index contributed by atoms with van der Waals surface area (Å²) in [4.78, 5) is 12.0. The van der Waals surface area contributed by atoms with E-state index in [2.05, 4.69) is 5.32 Å². The van der Waals surface area contributed by atoms with Crippen molar-refractivity contribution in [1.29, 1.82) is 0 Å². The van der Waals surface area contributed by atoms with E-state index in [1.165, 1.54) is 0 Å². The van der Waals surface area contributed by atoms with Gasteiger partial charge >= 0.3 is 0 Å². The Kier molecular flexibility index (Phi) is 4.87.